The van der Waals surface area contributed by atoms with E-state index in [4.69, 9.17) is 19.2 Å². The number of likely N-dealkylation sites (tertiary alicyclic amines) is 1. The zero-order valence-electron chi connectivity index (χ0n) is 15.9. The third kappa shape index (κ3) is 4.65. The second-order valence-electron chi connectivity index (χ2n) is 6.97. The summed E-state index contributed by atoms with van der Waals surface area (Å²) in [5.74, 6) is 2.42. The third-order valence-electron chi connectivity index (χ3n) is 5.10. The average Bonchev–Trinajstić information content (AvgIpc) is 3.02. The van der Waals surface area contributed by atoms with Gasteiger partial charge in [0.2, 0.25) is 5.89 Å². The van der Waals surface area contributed by atoms with E-state index in [-0.39, 0.29) is 6.61 Å². The fourth-order valence-electron chi connectivity index (χ4n) is 3.67. The molecule has 0 radical (unpaired) electrons. The van der Waals surface area contributed by atoms with Crippen LogP contribution in [0.1, 0.15) is 50.5 Å². The Bertz CT molecular complexity index is 681. The molecule has 1 N–H and O–H groups in total. The van der Waals surface area contributed by atoms with Crippen LogP contribution in [-0.2, 0) is 6.54 Å². The maximum absolute atomic E-state index is 9.14. The average molecular weight is 358 g/mol. The van der Waals surface area contributed by atoms with Crippen molar-refractivity contribution in [2.24, 2.45) is 0 Å². The Morgan fingerprint density at radius 1 is 1.27 bits per heavy atom. The van der Waals surface area contributed by atoms with E-state index in [0.29, 0.717) is 18.5 Å². The van der Waals surface area contributed by atoms with E-state index in [1.807, 2.05) is 38.1 Å². The van der Waals surface area contributed by atoms with Crippen LogP contribution in [0.25, 0.3) is 11.5 Å². The lowest BCUT2D eigenvalue weighted by Gasteiger charge is -2.35. The molecule has 5 nitrogen and oxygen atoms in total. The molecule has 0 bridgehead atoms. The Morgan fingerprint density at radius 2 is 2.08 bits per heavy atom. The first kappa shape index (κ1) is 18.9. The van der Waals surface area contributed by atoms with Crippen molar-refractivity contribution in [1.82, 2.24) is 9.88 Å². The molecule has 1 aromatic heterocycles. The van der Waals surface area contributed by atoms with Crippen LogP contribution in [0.15, 0.2) is 28.7 Å². The van der Waals surface area contributed by atoms with Crippen molar-refractivity contribution in [2.45, 2.75) is 58.5 Å². The first-order chi connectivity index (χ1) is 12.7. The molecule has 3 rings (SSSR count). The lowest BCUT2D eigenvalue weighted by Crippen LogP contribution is -2.39. The lowest BCUT2D eigenvalue weighted by atomic mass is 9.98. The minimum atomic E-state index is 0.273. The van der Waals surface area contributed by atoms with Crippen molar-refractivity contribution in [2.75, 3.05) is 19.8 Å². The summed E-state index contributed by atoms with van der Waals surface area (Å²) in [6, 6.07) is 8.43. The standard InChI is InChI=1S/C21H30N2O3/c1-3-25-19-11-9-17(10-12-19)21-22-20(16(2)26-21)15-23-13-5-4-7-18(23)8-6-14-24/h9-12,18,24H,3-8,13-15H2,1-2H3/t18-/m1/s1. The molecule has 1 saturated heterocycles. The van der Waals surface area contributed by atoms with Crippen LogP contribution >= 0.6 is 0 Å². The minimum Gasteiger partial charge on any atom is -0.494 e. The number of hydrogen-bond acceptors (Lipinski definition) is 5. The molecule has 2 aromatic rings. The van der Waals surface area contributed by atoms with Crippen LogP contribution in [-0.4, -0.2) is 40.8 Å². The van der Waals surface area contributed by atoms with Gasteiger partial charge in [0, 0.05) is 24.8 Å². The second kappa shape index (κ2) is 9.19. The third-order valence-corrected chi connectivity index (χ3v) is 5.10. The van der Waals surface area contributed by atoms with Crippen molar-refractivity contribution in [1.29, 1.82) is 0 Å². The van der Waals surface area contributed by atoms with Crippen LogP contribution < -0.4 is 4.74 Å². The quantitative estimate of drug-likeness (QED) is 0.767. The Balaban J connectivity index is 1.70. The van der Waals surface area contributed by atoms with Gasteiger partial charge in [-0.1, -0.05) is 6.42 Å². The van der Waals surface area contributed by atoms with Crippen LogP contribution in [0.3, 0.4) is 0 Å². The van der Waals surface area contributed by atoms with Gasteiger partial charge in [0.15, 0.2) is 0 Å². The molecule has 5 heteroatoms. The van der Waals surface area contributed by atoms with E-state index in [9.17, 15) is 0 Å². The van der Waals surface area contributed by atoms with Crippen molar-refractivity contribution in [3.63, 3.8) is 0 Å². The van der Waals surface area contributed by atoms with E-state index in [0.717, 1.165) is 48.7 Å². The highest BCUT2D eigenvalue weighted by atomic mass is 16.5. The summed E-state index contributed by atoms with van der Waals surface area (Å²) in [4.78, 5) is 7.27. The SMILES string of the molecule is CCOc1ccc(-c2nc(CN3CCCC[C@@H]3CCCO)c(C)o2)cc1. The second-order valence-corrected chi connectivity index (χ2v) is 6.97. The van der Waals surface area contributed by atoms with E-state index < -0.39 is 0 Å². The van der Waals surface area contributed by atoms with Crippen LogP contribution in [0.5, 0.6) is 5.75 Å². The molecule has 0 saturated carbocycles. The first-order valence-corrected chi connectivity index (χ1v) is 9.75. The maximum Gasteiger partial charge on any atom is 0.226 e. The first-order valence-electron chi connectivity index (χ1n) is 9.75. The summed E-state index contributed by atoms with van der Waals surface area (Å²) in [6.07, 6.45) is 5.65. The highest BCUT2D eigenvalue weighted by molar-refractivity contribution is 5.55. The van der Waals surface area contributed by atoms with Gasteiger partial charge in [-0.25, -0.2) is 4.98 Å². The number of rotatable bonds is 8. The van der Waals surface area contributed by atoms with Gasteiger partial charge < -0.3 is 14.3 Å². The number of aromatic nitrogens is 1. The number of aryl methyl sites for hydroxylation is 1. The van der Waals surface area contributed by atoms with Crippen molar-refractivity contribution in [3.8, 4) is 17.2 Å². The monoisotopic (exact) mass is 358 g/mol. The smallest absolute Gasteiger partial charge is 0.226 e. The van der Waals surface area contributed by atoms with E-state index in [1.54, 1.807) is 0 Å². The molecule has 1 aliphatic heterocycles. The molecular formula is C21H30N2O3. The predicted octanol–water partition coefficient (Wildman–Crippen LogP) is 4.18. The molecule has 2 heterocycles. The zero-order valence-corrected chi connectivity index (χ0v) is 15.9. The van der Waals surface area contributed by atoms with Crippen LogP contribution in [0.4, 0.5) is 0 Å². The number of oxazole rings is 1. The summed E-state index contributed by atoms with van der Waals surface area (Å²) in [7, 11) is 0. The summed E-state index contributed by atoms with van der Waals surface area (Å²) >= 11 is 0. The van der Waals surface area contributed by atoms with Gasteiger partial charge in [-0.15, -0.1) is 0 Å². The topological polar surface area (TPSA) is 58.7 Å². The Morgan fingerprint density at radius 3 is 2.81 bits per heavy atom. The number of aliphatic hydroxyl groups is 1. The van der Waals surface area contributed by atoms with E-state index in [1.165, 1.54) is 19.3 Å². The number of nitrogens with zero attached hydrogens (tertiary/aromatic N) is 2. The molecule has 1 aliphatic rings. The van der Waals surface area contributed by atoms with Crippen molar-refractivity contribution in [3.05, 3.63) is 35.7 Å². The molecule has 1 atom stereocenters. The largest absolute Gasteiger partial charge is 0.494 e. The molecule has 0 aliphatic carbocycles. The number of ether oxygens (including phenoxy) is 1. The van der Waals surface area contributed by atoms with Crippen LogP contribution in [0.2, 0.25) is 0 Å². The molecule has 1 aromatic carbocycles. The summed E-state index contributed by atoms with van der Waals surface area (Å²) < 4.78 is 11.4. The fourth-order valence-corrected chi connectivity index (χ4v) is 3.67. The minimum absolute atomic E-state index is 0.273. The lowest BCUT2D eigenvalue weighted by molar-refractivity contribution is 0.122. The summed E-state index contributed by atoms with van der Waals surface area (Å²) in [6.45, 7) is 6.83. The number of hydrogen-bond donors (Lipinski definition) is 1. The van der Waals surface area contributed by atoms with Gasteiger partial charge >= 0.3 is 0 Å². The fraction of sp³-hybridized carbons (Fsp3) is 0.571. The van der Waals surface area contributed by atoms with Gasteiger partial charge in [0.05, 0.1) is 12.3 Å². The summed E-state index contributed by atoms with van der Waals surface area (Å²) in [5, 5.41) is 9.14. The maximum atomic E-state index is 9.14. The van der Waals surface area contributed by atoms with Gasteiger partial charge in [-0.3, -0.25) is 4.90 Å². The zero-order chi connectivity index (χ0) is 18.4. The van der Waals surface area contributed by atoms with Gasteiger partial charge in [0.25, 0.3) is 0 Å². The molecule has 142 valence electrons. The Hall–Kier alpha value is -1.85. The Labute approximate surface area is 156 Å². The van der Waals surface area contributed by atoms with E-state index >= 15 is 0 Å². The molecular weight excluding hydrogens is 328 g/mol. The molecule has 0 unspecified atom stereocenters. The summed E-state index contributed by atoms with van der Waals surface area (Å²) in [5.41, 5.74) is 1.99. The highest BCUT2D eigenvalue weighted by Gasteiger charge is 2.24. The highest BCUT2D eigenvalue weighted by Crippen LogP contribution is 2.27. The molecule has 1 fully saturated rings. The number of aliphatic hydroxyl groups excluding tert-OH is 1. The predicted molar refractivity (Wildman–Crippen MR) is 102 cm³/mol. The van der Waals surface area contributed by atoms with Crippen LogP contribution in [0, 0.1) is 6.92 Å². The molecule has 0 spiro atoms. The van der Waals surface area contributed by atoms with Gasteiger partial charge in [0.1, 0.15) is 11.5 Å². The van der Waals surface area contributed by atoms with Gasteiger partial charge in [-0.05, 0) is 70.3 Å². The molecule has 26 heavy (non-hydrogen) atoms. The Kier molecular flexibility index (Phi) is 6.69. The van der Waals surface area contributed by atoms with E-state index in [2.05, 4.69) is 4.90 Å². The van der Waals surface area contributed by atoms with Gasteiger partial charge in [-0.2, -0.15) is 0 Å². The number of benzene rings is 1. The molecule has 0 amide bonds. The van der Waals surface area contributed by atoms with Crippen molar-refractivity contribution >= 4 is 0 Å². The van der Waals surface area contributed by atoms with Crippen molar-refractivity contribution < 1.29 is 14.3 Å². The normalized spacial score (nSPS) is 18.2. The number of piperidine rings is 1.